The van der Waals surface area contributed by atoms with Gasteiger partial charge in [0.15, 0.2) is 0 Å². The third-order valence-corrected chi connectivity index (χ3v) is 6.28. The van der Waals surface area contributed by atoms with Crippen molar-refractivity contribution in [1.29, 1.82) is 0 Å². The predicted molar refractivity (Wildman–Crippen MR) is 129 cm³/mol. The van der Waals surface area contributed by atoms with Crippen LogP contribution in [0.2, 0.25) is 0 Å². The summed E-state index contributed by atoms with van der Waals surface area (Å²) in [7, 11) is 0. The molecule has 1 saturated carbocycles. The molecule has 7 heteroatoms. The van der Waals surface area contributed by atoms with Crippen molar-refractivity contribution in [2.45, 2.75) is 58.4 Å². The number of carbonyl (C=O) groups is 2. The molecule has 172 valence electrons. The minimum Gasteiger partial charge on any atom is -0.507 e. The number of carbonyl (C=O) groups excluding carboxylic acids is 2. The van der Waals surface area contributed by atoms with Gasteiger partial charge in [0.25, 0.3) is 5.91 Å². The summed E-state index contributed by atoms with van der Waals surface area (Å²) in [5, 5.41) is 20.9. The van der Waals surface area contributed by atoms with Crippen LogP contribution >= 0.6 is 0 Å². The maximum Gasteiger partial charge on any atom is 0.342 e. The predicted octanol–water partition coefficient (Wildman–Crippen LogP) is 5.44. The van der Waals surface area contributed by atoms with Crippen molar-refractivity contribution < 1.29 is 14.7 Å². The number of benzene rings is 2. The molecule has 1 aliphatic carbocycles. The Bertz CT molecular complexity index is 1160. The molecule has 1 aromatic heterocycles. The maximum absolute atomic E-state index is 12.9. The molecule has 1 unspecified atom stereocenters. The van der Waals surface area contributed by atoms with Crippen LogP contribution in [0.15, 0.2) is 48.5 Å². The Labute approximate surface area is 193 Å². The molecule has 7 nitrogen and oxygen atoms in total. The molecule has 1 heterocycles. The van der Waals surface area contributed by atoms with Crippen molar-refractivity contribution in [2.75, 3.05) is 5.32 Å². The summed E-state index contributed by atoms with van der Waals surface area (Å²) < 4.78 is 1.43. The molecule has 2 aromatic carbocycles. The minimum absolute atomic E-state index is 0.0353. The Morgan fingerprint density at radius 2 is 1.88 bits per heavy atom. The van der Waals surface area contributed by atoms with Gasteiger partial charge in [-0.25, -0.2) is 4.79 Å². The largest absolute Gasteiger partial charge is 0.507 e. The molecule has 33 heavy (non-hydrogen) atoms. The highest BCUT2D eigenvalue weighted by molar-refractivity contribution is 6.04. The van der Waals surface area contributed by atoms with Gasteiger partial charge >= 0.3 is 6.03 Å². The standard InChI is InChI=1S/C26H30N4O3/c1-4-17(3)27-26(33)30-23(18-6-5-7-18)15-22(29-30)21-14-20(12-13-24(21)31)28-25(32)19-10-8-16(2)9-11-19/h8-15,17-18,31H,4-7H2,1-3H3,(H,27,33)(H,28,32). The summed E-state index contributed by atoms with van der Waals surface area (Å²) in [6, 6.07) is 13.8. The molecule has 2 amide bonds. The highest BCUT2D eigenvalue weighted by atomic mass is 16.3. The van der Waals surface area contributed by atoms with Crippen LogP contribution in [-0.2, 0) is 0 Å². The summed E-state index contributed by atoms with van der Waals surface area (Å²) in [4.78, 5) is 25.5. The maximum atomic E-state index is 12.9. The smallest absolute Gasteiger partial charge is 0.342 e. The molecular weight excluding hydrogens is 416 g/mol. The Balaban J connectivity index is 1.63. The van der Waals surface area contributed by atoms with E-state index in [9.17, 15) is 14.7 Å². The third kappa shape index (κ3) is 4.92. The van der Waals surface area contributed by atoms with Crippen molar-refractivity contribution in [2.24, 2.45) is 0 Å². The SMILES string of the molecule is CCC(C)NC(=O)n1nc(-c2cc(NC(=O)c3ccc(C)cc3)ccc2O)cc1C1CCC1. The first-order valence-corrected chi connectivity index (χ1v) is 11.5. The minimum atomic E-state index is -0.263. The zero-order chi connectivity index (χ0) is 23.5. The quantitative estimate of drug-likeness (QED) is 0.439. The summed E-state index contributed by atoms with van der Waals surface area (Å²) in [6.45, 7) is 5.94. The van der Waals surface area contributed by atoms with E-state index in [0.29, 0.717) is 22.5 Å². The molecule has 0 radical (unpaired) electrons. The number of nitrogens with zero attached hydrogens (tertiary/aromatic N) is 2. The first-order valence-electron chi connectivity index (χ1n) is 11.5. The lowest BCUT2D eigenvalue weighted by atomic mass is 9.82. The number of hydrogen-bond donors (Lipinski definition) is 3. The van der Waals surface area contributed by atoms with Gasteiger partial charge in [0.2, 0.25) is 0 Å². The van der Waals surface area contributed by atoms with Crippen LogP contribution < -0.4 is 10.6 Å². The summed E-state index contributed by atoms with van der Waals surface area (Å²) in [6.07, 6.45) is 3.98. The molecule has 0 aliphatic heterocycles. The molecule has 1 aliphatic rings. The average molecular weight is 447 g/mol. The summed E-state index contributed by atoms with van der Waals surface area (Å²) >= 11 is 0. The number of amides is 2. The third-order valence-electron chi connectivity index (χ3n) is 6.28. The number of aromatic nitrogens is 2. The van der Waals surface area contributed by atoms with Crippen molar-refractivity contribution in [1.82, 2.24) is 15.1 Å². The van der Waals surface area contributed by atoms with Crippen molar-refractivity contribution in [3.8, 4) is 17.0 Å². The summed E-state index contributed by atoms with van der Waals surface area (Å²) in [5.41, 5.74) is 3.98. The second-order valence-corrected chi connectivity index (χ2v) is 8.80. The topological polar surface area (TPSA) is 96.3 Å². The second kappa shape index (κ2) is 9.48. The molecule has 0 spiro atoms. The zero-order valence-electron chi connectivity index (χ0n) is 19.3. The normalized spacial score (nSPS) is 14.4. The van der Waals surface area contributed by atoms with Crippen molar-refractivity contribution in [3.63, 3.8) is 0 Å². The number of rotatable bonds is 6. The van der Waals surface area contributed by atoms with E-state index in [1.54, 1.807) is 24.3 Å². The molecular formula is C26H30N4O3. The molecule has 1 atom stereocenters. The summed E-state index contributed by atoms with van der Waals surface area (Å²) in [5.74, 6) is 0.0798. The van der Waals surface area contributed by atoms with E-state index >= 15 is 0 Å². The lowest BCUT2D eigenvalue weighted by Gasteiger charge is -2.25. The van der Waals surface area contributed by atoms with Gasteiger partial charge in [-0.2, -0.15) is 9.78 Å². The lowest BCUT2D eigenvalue weighted by molar-refractivity contribution is 0.102. The highest BCUT2D eigenvalue weighted by Gasteiger charge is 2.28. The van der Waals surface area contributed by atoms with Gasteiger partial charge in [-0.1, -0.05) is 31.0 Å². The number of phenolic OH excluding ortho intramolecular Hbond substituents is 1. The number of nitrogens with one attached hydrogen (secondary N) is 2. The average Bonchev–Trinajstić information content (AvgIpc) is 3.18. The number of aromatic hydroxyl groups is 1. The molecule has 3 aromatic rings. The zero-order valence-corrected chi connectivity index (χ0v) is 19.3. The van der Waals surface area contributed by atoms with E-state index in [0.717, 1.165) is 36.9 Å². The van der Waals surface area contributed by atoms with Crippen LogP contribution in [0, 0.1) is 6.92 Å². The number of phenols is 1. The fourth-order valence-corrected chi connectivity index (χ4v) is 3.79. The van der Waals surface area contributed by atoms with Gasteiger partial charge in [-0.3, -0.25) is 4.79 Å². The van der Waals surface area contributed by atoms with Gasteiger partial charge in [-0.05, 0) is 69.5 Å². The van der Waals surface area contributed by atoms with E-state index in [4.69, 9.17) is 0 Å². The molecule has 0 bridgehead atoms. The van der Waals surface area contributed by atoms with Crippen LogP contribution in [0.25, 0.3) is 11.3 Å². The van der Waals surface area contributed by atoms with Gasteiger partial charge in [0.05, 0.1) is 11.4 Å². The van der Waals surface area contributed by atoms with Crippen LogP contribution in [0.1, 0.15) is 67.1 Å². The molecule has 3 N–H and O–H groups in total. The van der Waals surface area contributed by atoms with Gasteiger partial charge in [0, 0.05) is 28.8 Å². The molecule has 0 saturated heterocycles. The van der Waals surface area contributed by atoms with Gasteiger partial charge < -0.3 is 15.7 Å². The second-order valence-electron chi connectivity index (χ2n) is 8.80. The number of anilines is 1. The van der Waals surface area contributed by atoms with Gasteiger partial charge in [0.1, 0.15) is 5.75 Å². The van der Waals surface area contributed by atoms with Crippen molar-refractivity contribution in [3.05, 3.63) is 65.4 Å². The molecule has 1 fully saturated rings. The van der Waals surface area contributed by atoms with Crippen LogP contribution in [0.4, 0.5) is 10.5 Å². The highest BCUT2D eigenvalue weighted by Crippen LogP contribution is 2.39. The van der Waals surface area contributed by atoms with Gasteiger partial charge in [-0.15, -0.1) is 0 Å². The van der Waals surface area contributed by atoms with E-state index < -0.39 is 0 Å². The Kier molecular flexibility index (Phi) is 6.49. The molecule has 4 rings (SSSR count). The fourth-order valence-electron chi connectivity index (χ4n) is 3.79. The van der Waals surface area contributed by atoms with Crippen LogP contribution in [-0.4, -0.2) is 32.9 Å². The first-order chi connectivity index (χ1) is 15.9. The van der Waals surface area contributed by atoms with E-state index in [1.165, 1.54) is 10.7 Å². The Morgan fingerprint density at radius 1 is 1.15 bits per heavy atom. The first kappa shape index (κ1) is 22.6. The van der Waals surface area contributed by atoms with E-state index in [2.05, 4.69) is 15.7 Å². The van der Waals surface area contributed by atoms with Crippen LogP contribution in [0.3, 0.4) is 0 Å². The van der Waals surface area contributed by atoms with Crippen LogP contribution in [0.5, 0.6) is 5.75 Å². The number of aryl methyl sites for hydroxylation is 1. The monoisotopic (exact) mass is 446 g/mol. The van der Waals surface area contributed by atoms with E-state index in [1.807, 2.05) is 39.0 Å². The Morgan fingerprint density at radius 3 is 2.52 bits per heavy atom. The number of hydrogen-bond acceptors (Lipinski definition) is 4. The lowest BCUT2D eigenvalue weighted by Crippen LogP contribution is -2.37. The van der Waals surface area contributed by atoms with E-state index in [-0.39, 0.29) is 29.6 Å². The van der Waals surface area contributed by atoms with Crippen molar-refractivity contribution >= 4 is 17.6 Å². The Hall–Kier alpha value is -3.61. The fraction of sp³-hybridized carbons (Fsp3) is 0.346.